The van der Waals surface area contributed by atoms with Crippen LogP contribution in [0.15, 0.2) is 23.4 Å². The third-order valence-electron chi connectivity index (χ3n) is 2.59. The van der Waals surface area contributed by atoms with Crippen molar-refractivity contribution in [2.75, 3.05) is 12.0 Å². The number of carbonyl (C=O) groups is 1. The Morgan fingerprint density at radius 2 is 2.05 bits per heavy atom. The molecule has 1 rings (SSSR count). The molecule has 1 unspecified atom stereocenters. The summed E-state index contributed by atoms with van der Waals surface area (Å²) in [6.07, 6.45) is 1.33. The Labute approximate surface area is 124 Å². The zero-order chi connectivity index (χ0) is 16.0. The van der Waals surface area contributed by atoms with Crippen molar-refractivity contribution in [2.24, 2.45) is 11.8 Å². The summed E-state index contributed by atoms with van der Waals surface area (Å²) in [7, 11) is -3.95. The van der Waals surface area contributed by atoms with E-state index in [0.29, 0.717) is 6.54 Å². The Hall–Kier alpha value is -1.71. The number of hydrogen-bond donors (Lipinski definition) is 4. The number of nitrogens with one attached hydrogen (secondary N) is 3. The van der Waals surface area contributed by atoms with Crippen LogP contribution in [0.4, 0.5) is 5.69 Å². The minimum Gasteiger partial charge on any atom is -0.354 e. The monoisotopic (exact) mass is 315 g/mol. The van der Waals surface area contributed by atoms with E-state index in [1.165, 1.54) is 19.2 Å². The Morgan fingerprint density at radius 1 is 1.38 bits per heavy atom. The minimum absolute atomic E-state index is 0.153. The topological polar surface area (TPSA) is 126 Å². The summed E-state index contributed by atoms with van der Waals surface area (Å²) in [5, 5.41) is 2.40. The van der Waals surface area contributed by atoms with Crippen LogP contribution in [0.2, 0.25) is 0 Å². The second kappa shape index (κ2) is 7.34. The maximum Gasteiger partial charge on any atom is 0.260 e. The molecular weight excluding hydrogens is 294 g/mol. The van der Waals surface area contributed by atoms with Crippen LogP contribution in [0.25, 0.3) is 0 Å². The number of nitrogen functional groups attached to an aromatic ring is 1. The van der Waals surface area contributed by atoms with Gasteiger partial charge in [-0.25, -0.2) is 13.4 Å². The molecule has 1 heterocycles. The van der Waals surface area contributed by atoms with Crippen molar-refractivity contribution in [3.05, 3.63) is 18.3 Å². The highest BCUT2D eigenvalue weighted by molar-refractivity contribution is 7.89. The normalized spacial score (nSPS) is 13.0. The molecule has 5 N–H and O–H groups in total. The molecule has 8 nitrogen and oxygen atoms in total. The number of sulfonamides is 1. The molecule has 0 radical (unpaired) electrons. The number of rotatable bonds is 7. The number of amides is 1. The van der Waals surface area contributed by atoms with Crippen molar-refractivity contribution in [2.45, 2.75) is 31.8 Å². The van der Waals surface area contributed by atoms with E-state index in [-0.39, 0.29) is 16.6 Å². The van der Waals surface area contributed by atoms with Crippen LogP contribution in [-0.2, 0) is 14.8 Å². The fourth-order valence-corrected chi connectivity index (χ4v) is 2.81. The first-order chi connectivity index (χ1) is 9.77. The number of pyridine rings is 1. The molecule has 21 heavy (non-hydrogen) atoms. The van der Waals surface area contributed by atoms with Crippen LogP contribution in [-0.4, -0.2) is 31.9 Å². The van der Waals surface area contributed by atoms with E-state index in [9.17, 15) is 13.2 Å². The summed E-state index contributed by atoms with van der Waals surface area (Å²) in [5.74, 6) is 5.14. The van der Waals surface area contributed by atoms with E-state index in [4.69, 9.17) is 5.84 Å². The lowest BCUT2D eigenvalue weighted by molar-refractivity contribution is -0.122. The molecule has 0 fully saturated rings. The van der Waals surface area contributed by atoms with Gasteiger partial charge in [-0.15, -0.1) is 0 Å². The van der Waals surface area contributed by atoms with Crippen molar-refractivity contribution in [1.82, 2.24) is 15.0 Å². The van der Waals surface area contributed by atoms with Gasteiger partial charge in [-0.1, -0.05) is 13.8 Å². The third kappa shape index (κ3) is 4.96. The fraction of sp³-hybridized carbons (Fsp3) is 0.500. The van der Waals surface area contributed by atoms with Crippen LogP contribution < -0.4 is 21.3 Å². The molecule has 1 atom stereocenters. The molecule has 1 amide bonds. The second-order valence-electron chi connectivity index (χ2n) is 4.98. The quantitative estimate of drug-likeness (QED) is 0.408. The van der Waals surface area contributed by atoms with Gasteiger partial charge in [0.25, 0.3) is 10.0 Å². The first-order valence-electron chi connectivity index (χ1n) is 6.49. The highest BCUT2D eigenvalue weighted by atomic mass is 32.2. The van der Waals surface area contributed by atoms with Crippen LogP contribution in [0.1, 0.15) is 20.8 Å². The standard InChI is InChI=1S/C12H21N5O3S/c1-8(2)7-15-11(18)9(3)17-21(19,20)12-10(16-13)5-4-6-14-12/h4-6,8-9,16-17H,7,13H2,1-3H3,(H,15,18). The third-order valence-corrected chi connectivity index (χ3v) is 4.09. The SMILES string of the molecule is CC(C)CNC(=O)C(C)NS(=O)(=O)c1ncccc1NN. The van der Waals surface area contributed by atoms with Crippen molar-refractivity contribution < 1.29 is 13.2 Å². The number of nitrogens with zero attached hydrogens (tertiary/aromatic N) is 1. The predicted octanol–water partition coefficient (Wildman–Crippen LogP) is -0.194. The molecule has 0 spiro atoms. The smallest absolute Gasteiger partial charge is 0.260 e. The van der Waals surface area contributed by atoms with Gasteiger partial charge < -0.3 is 10.7 Å². The van der Waals surface area contributed by atoms with E-state index in [1.807, 2.05) is 13.8 Å². The maximum absolute atomic E-state index is 12.2. The predicted molar refractivity (Wildman–Crippen MR) is 79.7 cm³/mol. The average molecular weight is 315 g/mol. The number of hydrogen-bond acceptors (Lipinski definition) is 6. The Kier molecular flexibility index (Phi) is 6.06. The molecule has 0 bridgehead atoms. The van der Waals surface area contributed by atoms with E-state index in [1.54, 1.807) is 6.07 Å². The number of aromatic nitrogens is 1. The molecule has 0 saturated heterocycles. The molecule has 0 saturated carbocycles. The molecule has 0 aliphatic heterocycles. The molecular formula is C12H21N5O3S. The fourth-order valence-electron chi connectivity index (χ4n) is 1.51. The van der Waals surface area contributed by atoms with E-state index in [2.05, 4.69) is 20.4 Å². The van der Waals surface area contributed by atoms with Gasteiger partial charge in [-0.3, -0.25) is 10.6 Å². The molecule has 118 valence electrons. The Bertz CT molecular complexity index is 588. The van der Waals surface area contributed by atoms with Gasteiger partial charge in [0.2, 0.25) is 5.91 Å². The zero-order valence-corrected chi connectivity index (χ0v) is 13.1. The summed E-state index contributed by atoms with van der Waals surface area (Å²) in [6.45, 7) is 5.83. The molecule has 1 aromatic rings. The number of anilines is 1. The molecule has 9 heteroatoms. The van der Waals surface area contributed by atoms with Crippen molar-refractivity contribution >= 4 is 21.6 Å². The van der Waals surface area contributed by atoms with Crippen LogP contribution in [0, 0.1) is 5.92 Å². The lowest BCUT2D eigenvalue weighted by atomic mass is 10.2. The van der Waals surface area contributed by atoms with Crippen LogP contribution in [0.3, 0.4) is 0 Å². The lowest BCUT2D eigenvalue weighted by Gasteiger charge is -2.16. The summed E-state index contributed by atoms with van der Waals surface area (Å²) < 4.78 is 26.7. The highest BCUT2D eigenvalue weighted by Crippen LogP contribution is 2.16. The van der Waals surface area contributed by atoms with Crippen molar-refractivity contribution in [3.8, 4) is 0 Å². The van der Waals surface area contributed by atoms with E-state index >= 15 is 0 Å². The highest BCUT2D eigenvalue weighted by Gasteiger charge is 2.25. The van der Waals surface area contributed by atoms with Gasteiger partial charge in [0, 0.05) is 12.7 Å². The van der Waals surface area contributed by atoms with Crippen LogP contribution in [0.5, 0.6) is 0 Å². The molecule has 0 aliphatic carbocycles. The molecule has 1 aromatic heterocycles. The second-order valence-corrected chi connectivity index (χ2v) is 6.61. The average Bonchev–Trinajstić information content (AvgIpc) is 2.44. The summed E-state index contributed by atoms with van der Waals surface area (Å²) in [4.78, 5) is 15.6. The maximum atomic E-state index is 12.2. The van der Waals surface area contributed by atoms with Crippen molar-refractivity contribution in [1.29, 1.82) is 0 Å². The van der Waals surface area contributed by atoms with Gasteiger partial charge >= 0.3 is 0 Å². The molecule has 0 aliphatic rings. The van der Waals surface area contributed by atoms with Crippen molar-refractivity contribution in [3.63, 3.8) is 0 Å². The number of carbonyl (C=O) groups excluding carboxylic acids is 1. The van der Waals surface area contributed by atoms with Gasteiger partial charge in [0.15, 0.2) is 5.03 Å². The van der Waals surface area contributed by atoms with Crippen LogP contribution >= 0.6 is 0 Å². The minimum atomic E-state index is -3.95. The van der Waals surface area contributed by atoms with Gasteiger partial charge in [0.05, 0.1) is 11.7 Å². The number of nitrogens with two attached hydrogens (primary N) is 1. The summed E-state index contributed by atoms with van der Waals surface area (Å²) in [6, 6.07) is 2.11. The first kappa shape index (κ1) is 17.3. The largest absolute Gasteiger partial charge is 0.354 e. The van der Waals surface area contributed by atoms with E-state index in [0.717, 1.165) is 0 Å². The first-order valence-corrected chi connectivity index (χ1v) is 7.98. The molecule has 0 aromatic carbocycles. The Balaban J connectivity index is 2.83. The summed E-state index contributed by atoms with van der Waals surface area (Å²) >= 11 is 0. The van der Waals surface area contributed by atoms with Gasteiger partial charge in [-0.05, 0) is 25.0 Å². The van der Waals surface area contributed by atoms with E-state index < -0.39 is 22.0 Å². The Morgan fingerprint density at radius 3 is 2.62 bits per heavy atom. The summed E-state index contributed by atoms with van der Waals surface area (Å²) in [5.41, 5.74) is 2.41. The number of hydrazine groups is 1. The zero-order valence-electron chi connectivity index (χ0n) is 12.3. The van der Waals surface area contributed by atoms with Gasteiger partial charge in [-0.2, -0.15) is 4.72 Å². The lowest BCUT2D eigenvalue weighted by Crippen LogP contribution is -2.45. The van der Waals surface area contributed by atoms with Gasteiger partial charge in [0.1, 0.15) is 0 Å².